The highest BCUT2D eigenvalue weighted by Crippen LogP contribution is 2.16. The Morgan fingerprint density at radius 2 is 1.74 bits per heavy atom. The van der Waals surface area contributed by atoms with E-state index in [1.165, 1.54) is 5.56 Å². The molecule has 0 aliphatic rings. The van der Waals surface area contributed by atoms with Crippen LogP contribution in [-0.2, 0) is 13.1 Å². The molecule has 0 spiro atoms. The number of nitrogens with one attached hydrogen (secondary N) is 2. The van der Waals surface area contributed by atoms with Gasteiger partial charge in [-0.1, -0.05) is 59.6 Å². The van der Waals surface area contributed by atoms with Crippen molar-refractivity contribution in [3.63, 3.8) is 0 Å². The second kappa shape index (κ2) is 8.64. The highest BCUT2D eigenvalue weighted by atomic mass is 35.5. The maximum absolute atomic E-state index is 12.5. The van der Waals surface area contributed by atoms with Gasteiger partial charge in [-0.05, 0) is 31.0 Å². The lowest BCUT2D eigenvalue weighted by molar-refractivity contribution is 0.0945. The van der Waals surface area contributed by atoms with Crippen molar-refractivity contribution in [2.45, 2.75) is 26.9 Å². The van der Waals surface area contributed by atoms with Crippen LogP contribution in [0.5, 0.6) is 0 Å². The SMILES string of the molecule is Cc1ccc(CNC(=O)c2cc(NCc3ccccc3Cl)nc(C)n2)cc1. The summed E-state index contributed by atoms with van der Waals surface area (Å²) in [4.78, 5) is 21.1. The van der Waals surface area contributed by atoms with Crippen molar-refractivity contribution in [1.82, 2.24) is 15.3 Å². The zero-order chi connectivity index (χ0) is 19.2. The van der Waals surface area contributed by atoms with Gasteiger partial charge in [0.15, 0.2) is 0 Å². The zero-order valence-electron chi connectivity index (χ0n) is 15.3. The lowest BCUT2D eigenvalue weighted by atomic mass is 10.1. The third-order valence-electron chi connectivity index (χ3n) is 4.06. The molecule has 0 saturated heterocycles. The minimum Gasteiger partial charge on any atom is -0.366 e. The molecule has 0 fully saturated rings. The summed E-state index contributed by atoms with van der Waals surface area (Å²) in [6.07, 6.45) is 0. The van der Waals surface area contributed by atoms with Crippen LogP contribution >= 0.6 is 11.6 Å². The molecule has 1 amide bonds. The second-order valence-electron chi connectivity index (χ2n) is 6.30. The number of aromatic nitrogens is 2. The van der Waals surface area contributed by atoms with E-state index in [2.05, 4.69) is 20.6 Å². The van der Waals surface area contributed by atoms with Crippen LogP contribution in [0.1, 0.15) is 33.0 Å². The fourth-order valence-electron chi connectivity index (χ4n) is 2.58. The Morgan fingerprint density at radius 3 is 2.48 bits per heavy atom. The number of aryl methyl sites for hydroxylation is 2. The van der Waals surface area contributed by atoms with E-state index in [1.807, 2.05) is 55.5 Å². The van der Waals surface area contributed by atoms with Gasteiger partial charge in [0, 0.05) is 24.2 Å². The molecule has 0 aliphatic heterocycles. The number of carbonyl (C=O) groups excluding carboxylic acids is 1. The first-order chi connectivity index (χ1) is 13.0. The smallest absolute Gasteiger partial charge is 0.270 e. The summed E-state index contributed by atoms with van der Waals surface area (Å²) in [5, 5.41) is 6.78. The molecule has 0 unspecified atom stereocenters. The molecule has 0 atom stereocenters. The van der Waals surface area contributed by atoms with E-state index in [4.69, 9.17) is 11.6 Å². The molecule has 138 valence electrons. The van der Waals surface area contributed by atoms with E-state index in [0.717, 1.165) is 11.1 Å². The molecular formula is C21H21ClN4O. The molecule has 5 nitrogen and oxygen atoms in total. The van der Waals surface area contributed by atoms with E-state index in [0.29, 0.717) is 35.4 Å². The van der Waals surface area contributed by atoms with Crippen molar-refractivity contribution < 1.29 is 4.79 Å². The number of hydrogen-bond donors (Lipinski definition) is 2. The Hall–Kier alpha value is -2.92. The quantitative estimate of drug-likeness (QED) is 0.669. The zero-order valence-corrected chi connectivity index (χ0v) is 16.0. The van der Waals surface area contributed by atoms with Gasteiger partial charge < -0.3 is 10.6 Å². The lowest BCUT2D eigenvalue weighted by Crippen LogP contribution is -2.24. The molecule has 27 heavy (non-hydrogen) atoms. The van der Waals surface area contributed by atoms with Gasteiger partial charge in [-0.15, -0.1) is 0 Å². The normalized spacial score (nSPS) is 10.5. The van der Waals surface area contributed by atoms with Crippen LogP contribution in [0.4, 0.5) is 5.82 Å². The summed E-state index contributed by atoms with van der Waals surface area (Å²) in [6, 6.07) is 17.3. The highest BCUT2D eigenvalue weighted by Gasteiger charge is 2.11. The topological polar surface area (TPSA) is 66.9 Å². The average Bonchev–Trinajstić information content (AvgIpc) is 2.66. The molecule has 3 rings (SSSR count). The predicted molar refractivity (Wildman–Crippen MR) is 108 cm³/mol. The molecule has 1 heterocycles. The maximum atomic E-state index is 12.5. The van der Waals surface area contributed by atoms with Crippen LogP contribution < -0.4 is 10.6 Å². The highest BCUT2D eigenvalue weighted by molar-refractivity contribution is 6.31. The fraction of sp³-hybridized carbons (Fsp3) is 0.190. The van der Waals surface area contributed by atoms with Crippen molar-refractivity contribution in [3.8, 4) is 0 Å². The maximum Gasteiger partial charge on any atom is 0.270 e. The van der Waals surface area contributed by atoms with Crippen molar-refractivity contribution in [1.29, 1.82) is 0 Å². The Labute approximate surface area is 163 Å². The Kier molecular flexibility index (Phi) is 6.04. The van der Waals surface area contributed by atoms with E-state index in [1.54, 1.807) is 13.0 Å². The molecule has 0 bridgehead atoms. The first-order valence-corrected chi connectivity index (χ1v) is 9.06. The minimum atomic E-state index is -0.234. The van der Waals surface area contributed by atoms with Gasteiger partial charge in [-0.3, -0.25) is 4.79 Å². The lowest BCUT2D eigenvalue weighted by Gasteiger charge is -2.10. The number of carbonyl (C=O) groups is 1. The third kappa shape index (κ3) is 5.28. The monoisotopic (exact) mass is 380 g/mol. The Balaban J connectivity index is 1.66. The minimum absolute atomic E-state index is 0.234. The van der Waals surface area contributed by atoms with Gasteiger partial charge in [-0.25, -0.2) is 9.97 Å². The molecule has 1 aromatic heterocycles. The van der Waals surface area contributed by atoms with Gasteiger partial charge in [-0.2, -0.15) is 0 Å². The molecule has 0 saturated carbocycles. The van der Waals surface area contributed by atoms with Crippen LogP contribution in [0.2, 0.25) is 5.02 Å². The Bertz CT molecular complexity index is 941. The van der Waals surface area contributed by atoms with E-state index < -0.39 is 0 Å². The van der Waals surface area contributed by atoms with Crippen LogP contribution in [0, 0.1) is 13.8 Å². The first kappa shape index (κ1) is 18.9. The van der Waals surface area contributed by atoms with Gasteiger partial charge in [0.2, 0.25) is 0 Å². The summed E-state index contributed by atoms with van der Waals surface area (Å²) in [5.74, 6) is 0.879. The van der Waals surface area contributed by atoms with Crippen molar-refractivity contribution in [2.75, 3.05) is 5.32 Å². The summed E-state index contributed by atoms with van der Waals surface area (Å²) in [5.41, 5.74) is 3.51. The number of rotatable bonds is 6. The summed E-state index contributed by atoms with van der Waals surface area (Å²) >= 11 is 6.18. The van der Waals surface area contributed by atoms with E-state index in [-0.39, 0.29) is 5.91 Å². The number of anilines is 1. The molecule has 2 N–H and O–H groups in total. The Morgan fingerprint density at radius 1 is 1.00 bits per heavy atom. The number of benzene rings is 2. The predicted octanol–water partition coefficient (Wildman–Crippen LogP) is 4.29. The average molecular weight is 381 g/mol. The number of hydrogen-bond acceptors (Lipinski definition) is 4. The van der Waals surface area contributed by atoms with Crippen molar-refractivity contribution in [2.24, 2.45) is 0 Å². The molecule has 0 radical (unpaired) electrons. The van der Waals surface area contributed by atoms with Crippen molar-refractivity contribution in [3.05, 3.63) is 87.8 Å². The van der Waals surface area contributed by atoms with Crippen LogP contribution in [0.15, 0.2) is 54.6 Å². The van der Waals surface area contributed by atoms with Crippen molar-refractivity contribution >= 4 is 23.3 Å². The summed E-state index contributed by atoms with van der Waals surface area (Å²) in [6.45, 7) is 4.76. The number of halogens is 1. The second-order valence-corrected chi connectivity index (χ2v) is 6.71. The first-order valence-electron chi connectivity index (χ1n) is 8.68. The standard InChI is InChI=1S/C21H21ClN4O/c1-14-7-9-16(10-8-14)12-24-21(27)19-11-20(26-15(2)25-19)23-13-17-5-3-4-6-18(17)22/h3-11H,12-13H2,1-2H3,(H,24,27)(H,23,25,26). The molecular weight excluding hydrogens is 360 g/mol. The number of nitrogens with zero attached hydrogens (tertiary/aromatic N) is 2. The molecule has 6 heteroatoms. The molecule has 3 aromatic rings. The molecule has 0 aliphatic carbocycles. The van der Waals surface area contributed by atoms with Gasteiger partial charge in [0.1, 0.15) is 17.3 Å². The van der Waals surface area contributed by atoms with E-state index >= 15 is 0 Å². The van der Waals surface area contributed by atoms with Gasteiger partial charge >= 0.3 is 0 Å². The number of amides is 1. The van der Waals surface area contributed by atoms with Crippen LogP contribution in [0.25, 0.3) is 0 Å². The third-order valence-corrected chi connectivity index (χ3v) is 4.43. The van der Waals surface area contributed by atoms with Crippen LogP contribution in [0.3, 0.4) is 0 Å². The van der Waals surface area contributed by atoms with Gasteiger partial charge in [0.05, 0.1) is 0 Å². The summed E-state index contributed by atoms with van der Waals surface area (Å²) in [7, 11) is 0. The van der Waals surface area contributed by atoms with Gasteiger partial charge in [0.25, 0.3) is 5.91 Å². The van der Waals surface area contributed by atoms with Crippen LogP contribution in [-0.4, -0.2) is 15.9 Å². The van der Waals surface area contributed by atoms with E-state index in [9.17, 15) is 4.79 Å². The summed E-state index contributed by atoms with van der Waals surface area (Å²) < 4.78 is 0. The molecule has 2 aromatic carbocycles. The largest absolute Gasteiger partial charge is 0.366 e. The fourth-order valence-corrected chi connectivity index (χ4v) is 2.78.